The molecule has 1 aliphatic heterocycles. The second-order valence-corrected chi connectivity index (χ2v) is 6.57. The molecule has 0 atom stereocenters. The van der Waals surface area contributed by atoms with Crippen molar-refractivity contribution in [2.24, 2.45) is 7.05 Å². The Kier molecular flexibility index (Phi) is 7.11. The molecule has 0 spiro atoms. The van der Waals surface area contributed by atoms with Crippen molar-refractivity contribution in [1.29, 1.82) is 0 Å². The van der Waals surface area contributed by atoms with Crippen molar-refractivity contribution < 1.29 is 0 Å². The molecule has 1 aromatic carbocycles. The van der Waals surface area contributed by atoms with Crippen LogP contribution < -0.4 is 16.4 Å². The zero-order valence-corrected chi connectivity index (χ0v) is 17.2. The van der Waals surface area contributed by atoms with Gasteiger partial charge in [0.2, 0.25) is 5.95 Å². The van der Waals surface area contributed by atoms with Crippen LogP contribution in [0.1, 0.15) is 17.0 Å². The van der Waals surface area contributed by atoms with E-state index in [1.54, 1.807) is 0 Å². The summed E-state index contributed by atoms with van der Waals surface area (Å²) in [6.07, 6.45) is 1.73. The van der Waals surface area contributed by atoms with Crippen LogP contribution in [-0.4, -0.2) is 32.8 Å². The summed E-state index contributed by atoms with van der Waals surface area (Å²) < 4.78 is 1.84. The van der Waals surface area contributed by atoms with E-state index in [9.17, 15) is 0 Å². The fraction of sp³-hybridized carbons (Fsp3) is 0.353. The van der Waals surface area contributed by atoms with Crippen LogP contribution in [0, 0.1) is 0 Å². The minimum Gasteiger partial charge on any atom is -0.368 e. The first kappa shape index (κ1) is 21.5. The summed E-state index contributed by atoms with van der Waals surface area (Å²) in [6, 6.07) is 5.83. The summed E-state index contributed by atoms with van der Waals surface area (Å²) in [5.41, 5.74) is 9.94. The maximum atomic E-state index is 6.38. The minimum absolute atomic E-state index is 0. The normalized spacial score (nSPS) is 13.3. The molecule has 4 rings (SSSR count). The number of anilines is 2. The van der Waals surface area contributed by atoms with E-state index in [1.807, 2.05) is 29.9 Å². The van der Waals surface area contributed by atoms with Gasteiger partial charge in [-0.15, -0.1) is 24.8 Å². The van der Waals surface area contributed by atoms with Crippen LogP contribution in [0.5, 0.6) is 0 Å². The summed E-state index contributed by atoms with van der Waals surface area (Å²) in [5, 5.41) is 13.0. The Morgan fingerprint density at radius 3 is 2.81 bits per heavy atom. The predicted octanol–water partition coefficient (Wildman–Crippen LogP) is 2.74. The van der Waals surface area contributed by atoms with Crippen LogP contribution in [0.3, 0.4) is 0 Å². The van der Waals surface area contributed by atoms with Crippen LogP contribution in [0.15, 0.2) is 18.2 Å². The van der Waals surface area contributed by atoms with Gasteiger partial charge in [-0.1, -0.05) is 17.7 Å². The van der Waals surface area contributed by atoms with Crippen molar-refractivity contribution in [1.82, 2.24) is 25.1 Å². The zero-order chi connectivity index (χ0) is 17.4. The summed E-state index contributed by atoms with van der Waals surface area (Å²) in [5.74, 6) is 1.09. The molecule has 146 valence electrons. The topological polar surface area (TPSA) is 93.7 Å². The minimum atomic E-state index is 0. The molecule has 3 aromatic rings. The molecule has 0 fully saturated rings. The van der Waals surface area contributed by atoms with Gasteiger partial charge in [0.25, 0.3) is 0 Å². The Morgan fingerprint density at radius 2 is 2.00 bits per heavy atom. The van der Waals surface area contributed by atoms with Crippen LogP contribution in [0.25, 0.3) is 10.9 Å². The summed E-state index contributed by atoms with van der Waals surface area (Å²) in [6.45, 7) is 2.34. The van der Waals surface area contributed by atoms with Gasteiger partial charge in [-0.3, -0.25) is 4.68 Å². The Morgan fingerprint density at radius 1 is 1.22 bits per heavy atom. The van der Waals surface area contributed by atoms with Gasteiger partial charge in [0.05, 0.1) is 28.5 Å². The molecule has 0 radical (unpaired) electrons. The number of halogens is 3. The lowest BCUT2D eigenvalue weighted by molar-refractivity contribution is 0.708. The average Bonchev–Trinajstić information content (AvgIpc) is 2.76. The molecule has 0 saturated carbocycles. The quantitative estimate of drug-likeness (QED) is 0.591. The maximum absolute atomic E-state index is 6.38. The van der Waals surface area contributed by atoms with E-state index in [0.717, 1.165) is 59.6 Å². The lowest BCUT2D eigenvalue weighted by Gasteiger charge is -2.13. The van der Waals surface area contributed by atoms with E-state index in [1.165, 1.54) is 0 Å². The molecule has 2 aromatic heterocycles. The van der Waals surface area contributed by atoms with Gasteiger partial charge in [0, 0.05) is 31.0 Å². The number of nitrogens with one attached hydrogen (secondary N) is 2. The number of fused-ring (bicyclic) bond motifs is 2. The number of hydrogen-bond acceptors (Lipinski definition) is 6. The Bertz CT molecular complexity index is 942. The molecule has 4 N–H and O–H groups in total. The Balaban J connectivity index is 0.00000131. The van der Waals surface area contributed by atoms with Gasteiger partial charge in [0.1, 0.15) is 5.82 Å². The third-order valence-corrected chi connectivity index (χ3v) is 4.84. The SMILES string of the molecule is Cl.Cl.Cn1nc(CNc2nc(N)nc3c2CCNCC3)c2c(Cl)cccc21. The molecule has 27 heavy (non-hydrogen) atoms. The van der Waals surface area contributed by atoms with Gasteiger partial charge in [-0.05, 0) is 25.1 Å². The highest BCUT2D eigenvalue weighted by atomic mass is 35.5. The number of rotatable bonds is 3. The van der Waals surface area contributed by atoms with Gasteiger partial charge >= 0.3 is 0 Å². The highest BCUT2D eigenvalue weighted by Gasteiger charge is 2.17. The van der Waals surface area contributed by atoms with Gasteiger partial charge < -0.3 is 16.4 Å². The molecule has 0 amide bonds. The first-order chi connectivity index (χ1) is 12.1. The van der Waals surface area contributed by atoms with Crippen molar-refractivity contribution in [3.63, 3.8) is 0 Å². The third-order valence-electron chi connectivity index (χ3n) is 4.52. The average molecular weight is 431 g/mol. The first-order valence-electron chi connectivity index (χ1n) is 8.33. The smallest absolute Gasteiger partial charge is 0.222 e. The Hall–Kier alpha value is -1.80. The molecule has 3 heterocycles. The monoisotopic (exact) mass is 429 g/mol. The van der Waals surface area contributed by atoms with E-state index < -0.39 is 0 Å². The first-order valence-corrected chi connectivity index (χ1v) is 8.71. The fourth-order valence-corrected chi connectivity index (χ4v) is 3.63. The van der Waals surface area contributed by atoms with Crippen LogP contribution >= 0.6 is 36.4 Å². The molecule has 0 unspecified atom stereocenters. The number of nitrogens with zero attached hydrogens (tertiary/aromatic N) is 4. The van der Waals surface area contributed by atoms with Gasteiger partial charge in [-0.2, -0.15) is 10.1 Å². The van der Waals surface area contributed by atoms with Crippen molar-refractivity contribution in [3.8, 4) is 0 Å². The van der Waals surface area contributed by atoms with Gasteiger partial charge in [0.15, 0.2) is 0 Å². The lowest BCUT2D eigenvalue weighted by Crippen LogP contribution is -2.16. The van der Waals surface area contributed by atoms with Crippen molar-refractivity contribution in [3.05, 3.63) is 40.2 Å². The molecule has 7 nitrogen and oxygen atoms in total. The second-order valence-electron chi connectivity index (χ2n) is 6.16. The van der Waals surface area contributed by atoms with E-state index in [-0.39, 0.29) is 24.8 Å². The standard InChI is InChI=1S/C17H20ClN7.2ClH/c1-25-14-4-2-3-11(18)15(14)13(24-25)9-21-16-10-5-7-20-8-6-12(10)22-17(19)23-16;;/h2-4,20H,5-9H2,1H3,(H3,19,21,22,23);2*1H. The molecule has 10 heteroatoms. The highest BCUT2D eigenvalue weighted by Crippen LogP contribution is 2.27. The van der Waals surface area contributed by atoms with Crippen LogP contribution in [-0.2, 0) is 26.4 Å². The van der Waals surface area contributed by atoms with E-state index >= 15 is 0 Å². The highest BCUT2D eigenvalue weighted by molar-refractivity contribution is 6.35. The number of nitrogen functional groups attached to an aromatic ring is 1. The van der Waals surface area contributed by atoms with E-state index in [2.05, 4.69) is 25.7 Å². The summed E-state index contributed by atoms with van der Waals surface area (Å²) in [7, 11) is 1.92. The van der Waals surface area contributed by atoms with Crippen LogP contribution in [0.2, 0.25) is 5.02 Å². The lowest BCUT2D eigenvalue weighted by atomic mass is 10.1. The molecule has 0 bridgehead atoms. The summed E-state index contributed by atoms with van der Waals surface area (Å²) >= 11 is 6.38. The van der Waals surface area contributed by atoms with Crippen molar-refractivity contribution in [2.75, 3.05) is 24.1 Å². The van der Waals surface area contributed by atoms with E-state index in [4.69, 9.17) is 17.3 Å². The number of aryl methyl sites for hydroxylation is 1. The molecular weight excluding hydrogens is 409 g/mol. The van der Waals surface area contributed by atoms with Crippen molar-refractivity contribution in [2.45, 2.75) is 19.4 Å². The molecule has 1 aliphatic rings. The maximum Gasteiger partial charge on any atom is 0.222 e. The molecular formula is C17H22Cl3N7. The number of nitrogens with two attached hydrogens (primary N) is 1. The number of aromatic nitrogens is 4. The number of hydrogen-bond donors (Lipinski definition) is 3. The largest absolute Gasteiger partial charge is 0.368 e. The van der Waals surface area contributed by atoms with E-state index in [0.29, 0.717) is 17.5 Å². The van der Waals surface area contributed by atoms with Crippen molar-refractivity contribution >= 4 is 59.1 Å². The molecule has 0 saturated heterocycles. The molecule has 0 aliphatic carbocycles. The second kappa shape index (κ2) is 8.93. The third kappa shape index (κ3) is 4.21. The van der Waals surface area contributed by atoms with Gasteiger partial charge in [-0.25, -0.2) is 4.98 Å². The fourth-order valence-electron chi connectivity index (χ4n) is 3.35. The predicted molar refractivity (Wildman–Crippen MR) is 114 cm³/mol. The zero-order valence-electron chi connectivity index (χ0n) is 14.8. The summed E-state index contributed by atoms with van der Waals surface area (Å²) in [4.78, 5) is 8.82. The van der Waals surface area contributed by atoms with Crippen LogP contribution in [0.4, 0.5) is 11.8 Å². The Labute approximate surface area is 174 Å². The number of benzene rings is 1.